The molecule has 1 aromatic carbocycles. The van der Waals surface area contributed by atoms with Crippen LogP contribution < -0.4 is 4.74 Å². The first kappa shape index (κ1) is 14.4. The van der Waals surface area contributed by atoms with E-state index >= 15 is 0 Å². The molecule has 0 bridgehead atoms. The number of nitrogens with zero attached hydrogens (tertiary/aromatic N) is 1. The van der Waals surface area contributed by atoms with Crippen molar-refractivity contribution in [2.75, 3.05) is 0 Å². The van der Waals surface area contributed by atoms with Crippen molar-refractivity contribution in [1.29, 1.82) is 0 Å². The van der Waals surface area contributed by atoms with Crippen molar-refractivity contribution >= 4 is 27.5 Å². The minimum atomic E-state index is 0.473. The van der Waals surface area contributed by atoms with E-state index in [0.717, 1.165) is 27.7 Å². The fourth-order valence-electron chi connectivity index (χ4n) is 1.72. The zero-order chi connectivity index (χ0) is 13.7. The van der Waals surface area contributed by atoms with E-state index in [4.69, 9.17) is 16.3 Å². The number of rotatable bonds is 5. The van der Waals surface area contributed by atoms with Gasteiger partial charge in [-0.1, -0.05) is 41.1 Å². The van der Waals surface area contributed by atoms with Gasteiger partial charge in [0.05, 0.1) is 0 Å². The first-order chi connectivity index (χ1) is 9.22. The van der Waals surface area contributed by atoms with Gasteiger partial charge >= 0.3 is 0 Å². The van der Waals surface area contributed by atoms with E-state index in [-0.39, 0.29) is 0 Å². The molecule has 0 radical (unpaired) electrons. The van der Waals surface area contributed by atoms with Crippen LogP contribution in [0, 0.1) is 0 Å². The van der Waals surface area contributed by atoms with Crippen molar-refractivity contribution < 1.29 is 4.74 Å². The van der Waals surface area contributed by atoms with Gasteiger partial charge in [-0.05, 0) is 24.1 Å². The van der Waals surface area contributed by atoms with Gasteiger partial charge in [-0.2, -0.15) is 0 Å². The van der Waals surface area contributed by atoms with E-state index in [0.29, 0.717) is 18.4 Å². The highest BCUT2D eigenvalue weighted by atomic mass is 79.9. The van der Waals surface area contributed by atoms with Crippen LogP contribution in [0.25, 0.3) is 0 Å². The molecule has 0 aliphatic heterocycles. The fourth-order valence-corrected chi connectivity index (χ4v) is 2.27. The van der Waals surface area contributed by atoms with Gasteiger partial charge in [0.15, 0.2) is 0 Å². The van der Waals surface area contributed by atoms with Crippen molar-refractivity contribution in [2.24, 2.45) is 0 Å². The summed E-state index contributed by atoms with van der Waals surface area (Å²) in [4.78, 5) is 4.45. The van der Waals surface area contributed by atoms with E-state index in [2.05, 4.69) is 27.8 Å². The number of aryl methyl sites for hydroxylation is 1. The molecule has 4 heteroatoms. The van der Waals surface area contributed by atoms with Crippen molar-refractivity contribution in [3.63, 3.8) is 0 Å². The molecule has 2 aromatic rings. The van der Waals surface area contributed by atoms with Gasteiger partial charge in [-0.25, -0.2) is 4.98 Å². The molecule has 0 fully saturated rings. The van der Waals surface area contributed by atoms with Crippen LogP contribution in [-0.2, 0) is 18.9 Å². The topological polar surface area (TPSA) is 22.1 Å². The quantitative estimate of drug-likeness (QED) is 0.734. The molecular formula is C15H15BrClNO. The minimum absolute atomic E-state index is 0.473. The number of pyridine rings is 1. The summed E-state index contributed by atoms with van der Waals surface area (Å²) in [7, 11) is 0. The maximum atomic E-state index is 5.88. The molecule has 1 aromatic heterocycles. The normalized spacial score (nSPS) is 10.5. The van der Waals surface area contributed by atoms with Gasteiger partial charge in [0.25, 0.3) is 0 Å². The van der Waals surface area contributed by atoms with Gasteiger partial charge in [-0.15, -0.1) is 11.6 Å². The average molecular weight is 341 g/mol. The molecule has 0 amide bonds. The summed E-state index contributed by atoms with van der Waals surface area (Å²) < 4.78 is 6.80. The zero-order valence-corrected chi connectivity index (χ0v) is 13.0. The van der Waals surface area contributed by atoms with E-state index < -0.39 is 0 Å². The third kappa shape index (κ3) is 3.95. The van der Waals surface area contributed by atoms with Crippen LogP contribution in [-0.4, -0.2) is 4.98 Å². The molecule has 0 aliphatic rings. The summed E-state index contributed by atoms with van der Waals surface area (Å²) >= 11 is 9.38. The summed E-state index contributed by atoms with van der Waals surface area (Å²) in [5, 5.41) is 0. The minimum Gasteiger partial charge on any atom is -0.473 e. The van der Waals surface area contributed by atoms with Crippen LogP contribution in [0.3, 0.4) is 0 Å². The third-order valence-corrected chi connectivity index (χ3v) is 3.85. The zero-order valence-electron chi connectivity index (χ0n) is 10.7. The Labute approximate surface area is 126 Å². The smallest absolute Gasteiger partial charge is 0.214 e. The summed E-state index contributed by atoms with van der Waals surface area (Å²) in [6, 6.07) is 11.9. The van der Waals surface area contributed by atoms with Crippen LogP contribution in [0.1, 0.15) is 23.7 Å². The molecule has 19 heavy (non-hydrogen) atoms. The molecule has 0 spiro atoms. The summed E-state index contributed by atoms with van der Waals surface area (Å²) in [5.41, 5.74) is 3.13. The summed E-state index contributed by atoms with van der Waals surface area (Å²) in [5.74, 6) is 1.10. The van der Waals surface area contributed by atoms with E-state index in [9.17, 15) is 0 Å². The largest absolute Gasteiger partial charge is 0.473 e. The Balaban J connectivity index is 2.13. The second-order valence-electron chi connectivity index (χ2n) is 4.17. The molecule has 0 aliphatic carbocycles. The highest BCUT2D eigenvalue weighted by molar-refractivity contribution is 9.10. The molecule has 0 N–H and O–H groups in total. The Hall–Kier alpha value is -1.06. The highest BCUT2D eigenvalue weighted by Crippen LogP contribution is 2.20. The average Bonchev–Trinajstić information content (AvgIpc) is 2.46. The molecule has 0 unspecified atom stereocenters. The highest BCUT2D eigenvalue weighted by Gasteiger charge is 2.04. The van der Waals surface area contributed by atoms with Crippen LogP contribution in [0.15, 0.2) is 40.9 Å². The predicted octanol–water partition coefficient (Wildman–Crippen LogP) is 4.72. The summed E-state index contributed by atoms with van der Waals surface area (Å²) in [6.45, 7) is 2.56. The molecule has 0 saturated heterocycles. The lowest BCUT2D eigenvalue weighted by molar-refractivity contribution is 0.292. The first-order valence-electron chi connectivity index (χ1n) is 6.15. The van der Waals surface area contributed by atoms with Crippen molar-refractivity contribution in [2.45, 2.75) is 25.8 Å². The van der Waals surface area contributed by atoms with Crippen molar-refractivity contribution in [1.82, 2.24) is 4.98 Å². The van der Waals surface area contributed by atoms with E-state index in [1.165, 1.54) is 0 Å². The Kier molecular flexibility index (Phi) is 5.23. The SMILES string of the molecule is CCc1cc(CCl)cc(OCc2ccccc2Br)n1. The van der Waals surface area contributed by atoms with Crippen LogP contribution in [0.2, 0.25) is 0 Å². The molecule has 0 saturated carbocycles. The number of ether oxygens (including phenoxy) is 1. The Morgan fingerprint density at radius 2 is 2.05 bits per heavy atom. The van der Waals surface area contributed by atoms with Crippen LogP contribution in [0.4, 0.5) is 0 Å². The molecule has 100 valence electrons. The van der Waals surface area contributed by atoms with Gasteiger partial charge in [0.2, 0.25) is 5.88 Å². The number of hydrogen-bond donors (Lipinski definition) is 0. The molecule has 2 rings (SSSR count). The summed E-state index contributed by atoms with van der Waals surface area (Å²) in [6.07, 6.45) is 0.871. The molecule has 0 atom stereocenters. The van der Waals surface area contributed by atoms with Crippen molar-refractivity contribution in [3.05, 3.63) is 57.7 Å². The predicted molar refractivity (Wildman–Crippen MR) is 81.6 cm³/mol. The van der Waals surface area contributed by atoms with Crippen LogP contribution >= 0.6 is 27.5 Å². The lowest BCUT2D eigenvalue weighted by atomic mass is 10.2. The number of halogens is 2. The Morgan fingerprint density at radius 3 is 2.74 bits per heavy atom. The number of alkyl halides is 1. The molecule has 1 heterocycles. The third-order valence-electron chi connectivity index (χ3n) is 2.76. The molecular weight excluding hydrogens is 326 g/mol. The van der Waals surface area contributed by atoms with Crippen LogP contribution in [0.5, 0.6) is 5.88 Å². The maximum absolute atomic E-state index is 5.88. The van der Waals surface area contributed by atoms with E-state index in [1.54, 1.807) is 0 Å². The van der Waals surface area contributed by atoms with Gasteiger partial charge in [0, 0.05) is 27.7 Å². The lowest BCUT2D eigenvalue weighted by Crippen LogP contribution is -2.00. The number of aromatic nitrogens is 1. The number of hydrogen-bond acceptors (Lipinski definition) is 2. The van der Waals surface area contributed by atoms with Gasteiger partial charge in [0.1, 0.15) is 6.61 Å². The fraction of sp³-hybridized carbons (Fsp3) is 0.267. The lowest BCUT2D eigenvalue weighted by Gasteiger charge is -2.09. The van der Waals surface area contributed by atoms with Gasteiger partial charge in [-0.3, -0.25) is 0 Å². The maximum Gasteiger partial charge on any atom is 0.214 e. The Morgan fingerprint density at radius 1 is 1.26 bits per heavy atom. The van der Waals surface area contributed by atoms with E-state index in [1.807, 2.05) is 36.4 Å². The monoisotopic (exact) mass is 339 g/mol. The standard InChI is InChI=1S/C15H15BrClNO/c1-2-13-7-11(9-17)8-15(18-13)19-10-12-5-3-4-6-14(12)16/h3-8H,2,9-10H2,1H3. The van der Waals surface area contributed by atoms with Crippen molar-refractivity contribution in [3.8, 4) is 5.88 Å². The molecule has 2 nitrogen and oxygen atoms in total. The van der Waals surface area contributed by atoms with Gasteiger partial charge < -0.3 is 4.74 Å². The second-order valence-corrected chi connectivity index (χ2v) is 5.29. The number of benzene rings is 1. The Bertz CT molecular complexity index is 537. The second kappa shape index (κ2) is 6.92. The first-order valence-corrected chi connectivity index (χ1v) is 7.47.